The lowest BCUT2D eigenvalue weighted by Crippen LogP contribution is -2.49. The van der Waals surface area contributed by atoms with Gasteiger partial charge >= 0.3 is 12.0 Å². The molecule has 2 aliphatic heterocycles. The van der Waals surface area contributed by atoms with Crippen molar-refractivity contribution in [1.82, 2.24) is 14.9 Å². The lowest BCUT2D eigenvalue weighted by atomic mass is 10.1. The molecule has 0 radical (unpaired) electrons. The van der Waals surface area contributed by atoms with Crippen molar-refractivity contribution in [2.24, 2.45) is 5.73 Å². The number of piperidine rings is 1. The molecule has 0 aliphatic carbocycles. The third kappa shape index (κ3) is 4.02. The first-order valence-electron chi connectivity index (χ1n) is 9.50. The molecular weight excluding hydrogens is 444 g/mol. The van der Waals surface area contributed by atoms with E-state index < -0.39 is 12.1 Å². The molecule has 4 rings (SSSR count). The number of anilines is 2. The third-order valence-corrected chi connectivity index (χ3v) is 5.85. The second kappa shape index (κ2) is 8.17. The number of carbonyl (C=O) groups excluding carboxylic acids is 1. The standard InChI is InChI=1S/C18H23BrN6O4/c19-11-6-21-16-14(15(11)24-3-1-2-10(20)8-24)12(7-22-16)23-18(28)25-4-5-29-13(9-25)17(26)27/h6-7,10,13H,1-5,8-9,20H2,(H,21,22)(H,23,28)(H,26,27)/t10-,13?/m1/s1. The fraction of sp³-hybridized carbons (Fsp3) is 0.500. The Labute approximate surface area is 175 Å². The molecule has 0 spiro atoms. The Kier molecular flexibility index (Phi) is 5.61. The number of H-pyrrole nitrogens is 1. The summed E-state index contributed by atoms with van der Waals surface area (Å²) in [5, 5.41) is 12.8. The topological polar surface area (TPSA) is 137 Å². The van der Waals surface area contributed by atoms with Crippen molar-refractivity contribution in [3.05, 3.63) is 16.9 Å². The number of pyridine rings is 1. The number of aliphatic carboxylic acids is 1. The minimum Gasteiger partial charge on any atom is -0.479 e. The summed E-state index contributed by atoms with van der Waals surface area (Å²) < 4.78 is 6.01. The third-order valence-electron chi connectivity index (χ3n) is 5.27. The molecule has 1 unspecified atom stereocenters. The lowest BCUT2D eigenvalue weighted by molar-refractivity contribution is -0.154. The molecule has 156 valence electrons. The molecular formula is C18H23BrN6O4. The summed E-state index contributed by atoms with van der Waals surface area (Å²) in [6.45, 7) is 2.10. The zero-order chi connectivity index (χ0) is 20.5. The number of carbonyl (C=O) groups is 2. The van der Waals surface area contributed by atoms with Gasteiger partial charge in [0.1, 0.15) is 5.65 Å². The number of nitrogens with zero attached hydrogens (tertiary/aromatic N) is 3. The van der Waals surface area contributed by atoms with Gasteiger partial charge in [-0.2, -0.15) is 0 Å². The molecule has 2 aromatic rings. The number of morpholine rings is 1. The van der Waals surface area contributed by atoms with Crippen LogP contribution in [0.1, 0.15) is 12.8 Å². The largest absolute Gasteiger partial charge is 0.479 e. The van der Waals surface area contributed by atoms with Gasteiger partial charge in [-0.3, -0.25) is 0 Å². The van der Waals surface area contributed by atoms with E-state index in [-0.39, 0.29) is 25.2 Å². The van der Waals surface area contributed by atoms with Crippen LogP contribution in [0.2, 0.25) is 0 Å². The quantitative estimate of drug-likeness (QED) is 0.538. The molecule has 11 heteroatoms. The first kappa shape index (κ1) is 19.9. The van der Waals surface area contributed by atoms with Crippen LogP contribution in [0.15, 0.2) is 16.9 Å². The fourth-order valence-corrected chi connectivity index (χ4v) is 4.41. The number of carboxylic acid groups (broad SMARTS) is 1. The smallest absolute Gasteiger partial charge is 0.334 e. The molecule has 2 amide bonds. The SMILES string of the molecule is N[C@@H]1CCCN(c2c(Br)cnc3[nH]cc(NC(=O)N4CCOC(C(=O)O)C4)c23)C1. The van der Waals surface area contributed by atoms with Crippen molar-refractivity contribution in [3.63, 3.8) is 0 Å². The van der Waals surface area contributed by atoms with Crippen LogP contribution in [0.25, 0.3) is 11.0 Å². The van der Waals surface area contributed by atoms with Crippen LogP contribution < -0.4 is 16.0 Å². The van der Waals surface area contributed by atoms with Gasteiger partial charge < -0.3 is 35.7 Å². The van der Waals surface area contributed by atoms with Crippen LogP contribution in [0.4, 0.5) is 16.2 Å². The van der Waals surface area contributed by atoms with Gasteiger partial charge in [0.15, 0.2) is 6.10 Å². The van der Waals surface area contributed by atoms with E-state index in [0.29, 0.717) is 17.9 Å². The highest BCUT2D eigenvalue weighted by Crippen LogP contribution is 2.38. The van der Waals surface area contributed by atoms with E-state index in [4.69, 9.17) is 15.6 Å². The van der Waals surface area contributed by atoms with Crippen molar-refractivity contribution < 1.29 is 19.4 Å². The zero-order valence-corrected chi connectivity index (χ0v) is 17.3. The second-order valence-electron chi connectivity index (χ2n) is 7.30. The van der Waals surface area contributed by atoms with Crippen molar-refractivity contribution in [1.29, 1.82) is 0 Å². The lowest BCUT2D eigenvalue weighted by Gasteiger charge is -2.34. The van der Waals surface area contributed by atoms with Crippen LogP contribution in [0.5, 0.6) is 0 Å². The number of nitrogens with one attached hydrogen (secondary N) is 2. The van der Waals surface area contributed by atoms with Gasteiger partial charge in [0, 0.05) is 38.1 Å². The Hall–Kier alpha value is -2.37. The molecule has 10 nitrogen and oxygen atoms in total. The first-order valence-corrected chi connectivity index (χ1v) is 10.3. The van der Waals surface area contributed by atoms with Crippen molar-refractivity contribution in [3.8, 4) is 0 Å². The number of ether oxygens (including phenoxy) is 1. The summed E-state index contributed by atoms with van der Waals surface area (Å²) in [7, 11) is 0. The van der Waals surface area contributed by atoms with E-state index >= 15 is 0 Å². The Balaban J connectivity index is 1.62. The van der Waals surface area contributed by atoms with Crippen LogP contribution in [-0.2, 0) is 9.53 Å². The maximum Gasteiger partial charge on any atom is 0.334 e. The highest BCUT2D eigenvalue weighted by atomic mass is 79.9. The van der Waals surface area contributed by atoms with Crippen molar-refractivity contribution >= 4 is 50.3 Å². The summed E-state index contributed by atoms with van der Waals surface area (Å²) in [5.74, 6) is -1.08. The van der Waals surface area contributed by atoms with E-state index in [1.54, 1.807) is 12.4 Å². The predicted octanol–water partition coefficient (Wildman–Crippen LogP) is 1.57. The number of urea groups is 1. The Morgan fingerprint density at radius 2 is 2.21 bits per heavy atom. The second-order valence-corrected chi connectivity index (χ2v) is 8.16. The number of fused-ring (bicyclic) bond motifs is 1. The van der Waals surface area contributed by atoms with E-state index in [2.05, 4.69) is 36.1 Å². The van der Waals surface area contributed by atoms with Crippen molar-refractivity contribution in [2.45, 2.75) is 25.0 Å². The molecule has 0 saturated carbocycles. The highest BCUT2D eigenvalue weighted by molar-refractivity contribution is 9.10. The molecule has 5 N–H and O–H groups in total. The number of nitrogens with two attached hydrogens (primary N) is 1. The number of carboxylic acids is 1. The van der Waals surface area contributed by atoms with Gasteiger partial charge in [0.2, 0.25) is 0 Å². The number of hydrogen-bond acceptors (Lipinski definition) is 6. The summed E-state index contributed by atoms with van der Waals surface area (Å²) in [5.41, 5.74) is 8.35. The minimum atomic E-state index is -1.08. The molecule has 2 aromatic heterocycles. The number of rotatable bonds is 3. The van der Waals surface area contributed by atoms with Gasteiger partial charge in [0.05, 0.1) is 34.4 Å². The summed E-state index contributed by atoms with van der Waals surface area (Å²) in [6, 6.07) is -0.279. The number of hydrogen-bond donors (Lipinski definition) is 4. The number of amides is 2. The Morgan fingerprint density at radius 1 is 1.38 bits per heavy atom. The van der Waals surface area contributed by atoms with Crippen LogP contribution in [0.3, 0.4) is 0 Å². The molecule has 4 heterocycles. The Bertz CT molecular complexity index is 934. The monoisotopic (exact) mass is 466 g/mol. The average molecular weight is 467 g/mol. The fourth-order valence-electron chi connectivity index (χ4n) is 3.85. The predicted molar refractivity (Wildman–Crippen MR) is 111 cm³/mol. The molecule has 2 saturated heterocycles. The molecule has 0 aromatic carbocycles. The number of aromatic nitrogens is 2. The van der Waals surface area contributed by atoms with Gasteiger partial charge in [-0.1, -0.05) is 0 Å². The van der Waals surface area contributed by atoms with Crippen LogP contribution in [0, 0.1) is 0 Å². The normalized spacial score (nSPS) is 22.7. The summed E-state index contributed by atoms with van der Waals surface area (Å²) in [4.78, 5) is 35.1. The van der Waals surface area contributed by atoms with E-state index in [1.807, 2.05) is 0 Å². The van der Waals surface area contributed by atoms with E-state index in [1.165, 1.54) is 4.90 Å². The Morgan fingerprint density at radius 3 is 2.97 bits per heavy atom. The molecule has 0 bridgehead atoms. The van der Waals surface area contributed by atoms with Crippen LogP contribution >= 0.6 is 15.9 Å². The van der Waals surface area contributed by atoms with Gasteiger partial charge in [-0.15, -0.1) is 0 Å². The number of halogens is 1. The van der Waals surface area contributed by atoms with E-state index in [9.17, 15) is 9.59 Å². The maximum atomic E-state index is 12.8. The first-order chi connectivity index (χ1) is 13.9. The molecule has 29 heavy (non-hydrogen) atoms. The molecule has 2 atom stereocenters. The maximum absolute atomic E-state index is 12.8. The summed E-state index contributed by atoms with van der Waals surface area (Å²) in [6.07, 6.45) is 4.40. The van der Waals surface area contributed by atoms with Gasteiger partial charge in [-0.05, 0) is 28.8 Å². The molecule has 2 aliphatic rings. The minimum absolute atomic E-state index is 0.000692. The van der Waals surface area contributed by atoms with Gasteiger partial charge in [-0.25, -0.2) is 14.6 Å². The van der Waals surface area contributed by atoms with Crippen molar-refractivity contribution in [2.75, 3.05) is 43.0 Å². The van der Waals surface area contributed by atoms with Crippen LogP contribution in [-0.4, -0.2) is 76.9 Å². The number of aromatic amines is 1. The van der Waals surface area contributed by atoms with Gasteiger partial charge in [0.25, 0.3) is 0 Å². The molecule has 2 fully saturated rings. The zero-order valence-electron chi connectivity index (χ0n) is 15.7. The summed E-state index contributed by atoms with van der Waals surface area (Å²) >= 11 is 3.59. The highest BCUT2D eigenvalue weighted by Gasteiger charge is 2.30. The average Bonchev–Trinajstić information content (AvgIpc) is 3.10. The van der Waals surface area contributed by atoms with E-state index in [0.717, 1.165) is 41.5 Å².